The number of benzene rings is 4. The van der Waals surface area contributed by atoms with Crippen LogP contribution in [0.5, 0.6) is 0 Å². The van der Waals surface area contributed by atoms with Crippen LogP contribution in [0, 0.1) is 5.41 Å². The fraction of sp³-hybridized carbons (Fsp3) is 0.206. The third-order valence-electron chi connectivity index (χ3n) is 6.20. The second-order valence-corrected chi connectivity index (χ2v) is 13.8. The number of aliphatic hydroxyl groups is 1. The molecule has 0 fully saturated rings. The van der Waals surface area contributed by atoms with Crippen LogP contribution in [0.1, 0.15) is 54.8 Å². The molecule has 8 heteroatoms. The number of Topliss-reactive ketones (excluding diaryl/α,β-unsaturated/α-hetero) is 1. The van der Waals surface area contributed by atoms with Crippen molar-refractivity contribution in [3.8, 4) is 0 Å². The topological polar surface area (TPSA) is 76.0 Å². The van der Waals surface area contributed by atoms with E-state index in [0.29, 0.717) is 17.7 Å². The van der Waals surface area contributed by atoms with Gasteiger partial charge in [0.2, 0.25) is 5.78 Å². The minimum atomic E-state index is -0.736. The summed E-state index contributed by atoms with van der Waals surface area (Å²) < 4.78 is 0.999. The SMILES string of the molecule is CC(C)(C)C(=O)O/N=C(\CCSc1ccc(Br)cc1)C(=O)c1ccc(Sc2ccc(C(O)c3ccccc3)cc2)cc1. The van der Waals surface area contributed by atoms with Gasteiger partial charge in [-0.1, -0.05) is 75.3 Å². The zero-order valence-corrected chi connectivity index (χ0v) is 26.8. The lowest BCUT2D eigenvalue weighted by Gasteiger charge is -2.14. The highest BCUT2D eigenvalue weighted by Gasteiger charge is 2.25. The van der Waals surface area contributed by atoms with Crippen molar-refractivity contribution < 1.29 is 19.5 Å². The number of thioether (sulfide) groups is 1. The first-order valence-electron chi connectivity index (χ1n) is 13.4. The average Bonchev–Trinajstić information content (AvgIpc) is 2.99. The Kier molecular flexibility index (Phi) is 11.2. The standard InChI is InChI=1S/C34H32BrNO4S2/c1-34(2,3)33(39)40-36-30(21-22-41-27-19-13-26(35)14-20-27)32(38)25-11-17-29(18-12-25)42-28-15-9-24(10-16-28)31(37)23-7-5-4-6-8-23/h4-20,31,37H,21-22H2,1-3H3/b36-30+. The van der Waals surface area contributed by atoms with Crippen LogP contribution in [0.15, 0.2) is 127 Å². The minimum Gasteiger partial charge on any atom is -0.384 e. The number of nitrogens with zero attached hydrogens (tertiary/aromatic N) is 1. The molecule has 0 radical (unpaired) electrons. The van der Waals surface area contributed by atoms with Gasteiger partial charge in [0.25, 0.3) is 0 Å². The molecule has 4 rings (SSSR count). The molecule has 0 aliphatic carbocycles. The van der Waals surface area contributed by atoms with Gasteiger partial charge in [-0.2, -0.15) is 0 Å². The lowest BCUT2D eigenvalue weighted by molar-refractivity contribution is -0.152. The van der Waals surface area contributed by atoms with E-state index < -0.39 is 17.5 Å². The molecule has 1 atom stereocenters. The first kappa shape index (κ1) is 31.8. The van der Waals surface area contributed by atoms with Crippen molar-refractivity contribution in [1.29, 1.82) is 0 Å². The molecule has 216 valence electrons. The van der Waals surface area contributed by atoms with E-state index in [9.17, 15) is 14.7 Å². The smallest absolute Gasteiger partial charge is 0.340 e. The summed E-state index contributed by atoms with van der Waals surface area (Å²) in [7, 11) is 0. The number of carbonyl (C=O) groups is 2. The molecule has 4 aromatic rings. The van der Waals surface area contributed by atoms with E-state index in [-0.39, 0.29) is 11.5 Å². The first-order valence-corrected chi connectivity index (χ1v) is 16.0. The van der Waals surface area contributed by atoms with Gasteiger partial charge < -0.3 is 9.94 Å². The summed E-state index contributed by atoms with van der Waals surface area (Å²) in [6.07, 6.45) is -0.336. The van der Waals surface area contributed by atoms with Crippen molar-refractivity contribution in [2.75, 3.05) is 5.75 Å². The van der Waals surface area contributed by atoms with E-state index in [1.54, 1.807) is 56.4 Å². The number of hydrogen-bond acceptors (Lipinski definition) is 7. The van der Waals surface area contributed by atoms with Gasteiger partial charge in [-0.3, -0.25) is 4.79 Å². The lowest BCUT2D eigenvalue weighted by atomic mass is 9.98. The van der Waals surface area contributed by atoms with Crippen LogP contribution in [0.3, 0.4) is 0 Å². The van der Waals surface area contributed by atoms with E-state index in [1.165, 1.54) is 0 Å². The molecule has 0 amide bonds. The zero-order chi connectivity index (χ0) is 30.1. The fourth-order valence-electron chi connectivity index (χ4n) is 3.75. The van der Waals surface area contributed by atoms with Gasteiger partial charge in [-0.25, -0.2) is 4.79 Å². The van der Waals surface area contributed by atoms with Crippen molar-refractivity contribution in [3.05, 3.63) is 124 Å². The number of hydrogen-bond donors (Lipinski definition) is 1. The molecule has 0 aliphatic heterocycles. The molecule has 42 heavy (non-hydrogen) atoms. The largest absolute Gasteiger partial charge is 0.384 e. The normalized spacial score (nSPS) is 12.5. The fourth-order valence-corrected chi connectivity index (χ4v) is 5.69. The third kappa shape index (κ3) is 9.16. The summed E-state index contributed by atoms with van der Waals surface area (Å²) in [5.74, 6) is -0.173. The van der Waals surface area contributed by atoms with Crippen molar-refractivity contribution in [2.24, 2.45) is 10.6 Å². The molecule has 0 saturated carbocycles. The van der Waals surface area contributed by atoms with E-state index in [2.05, 4.69) is 21.1 Å². The van der Waals surface area contributed by atoms with Gasteiger partial charge in [0.1, 0.15) is 11.8 Å². The Labute approximate surface area is 263 Å². The number of oxime groups is 1. The molecule has 0 heterocycles. The Balaban J connectivity index is 1.42. The second kappa shape index (κ2) is 14.8. The number of carbonyl (C=O) groups excluding carboxylic acids is 2. The van der Waals surface area contributed by atoms with Crippen LogP contribution in [-0.4, -0.2) is 28.3 Å². The maximum atomic E-state index is 13.4. The molecule has 5 nitrogen and oxygen atoms in total. The van der Waals surface area contributed by atoms with Gasteiger partial charge in [0.15, 0.2) is 0 Å². The molecule has 0 spiro atoms. The highest BCUT2D eigenvalue weighted by molar-refractivity contribution is 9.10. The van der Waals surface area contributed by atoms with E-state index in [4.69, 9.17) is 4.84 Å². The number of aliphatic hydroxyl groups excluding tert-OH is 1. The van der Waals surface area contributed by atoms with Crippen molar-refractivity contribution in [2.45, 2.75) is 48.0 Å². The Bertz CT molecular complexity index is 1520. The molecule has 0 aliphatic rings. The van der Waals surface area contributed by atoms with Crippen LogP contribution in [0.2, 0.25) is 0 Å². The van der Waals surface area contributed by atoms with Crippen molar-refractivity contribution in [3.63, 3.8) is 0 Å². The van der Waals surface area contributed by atoms with Gasteiger partial charge in [0, 0.05) is 36.9 Å². The van der Waals surface area contributed by atoms with Crippen molar-refractivity contribution >= 4 is 56.9 Å². The molecule has 0 saturated heterocycles. The number of rotatable bonds is 11. The maximum absolute atomic E-state index is 13.4. The third-order valence-corrected chi connectivity index (χ3v) is 8.76. The van der Waals surface area contributed by atoms with Gasteiger partial charge in [-0.05, 0) is 92.6 Å². The van der Waals surface area contributed by atoms with E-state index in [1.807, 2.05) is 91.0 Å². The summed E-state index contributed by atoms with van der Waals surface area (Å²) >= 11 is 6.60. The van der Waals surface area contributed by atoms with Crippen LogP contribution < -0.4 is 0 Å². The number of halogens is 1. The molecule has 4 aromatic carbocycles. The van der Waals surface area contributed by atoms with Gasteiger partial charge in [-0.15, -0.1) is 11.8 Å². The predicted molar refractivity (Wildman–Crippen MR) is 174 cm³/mol. The minimum absolute atomic E-state index is 0.199. The van der Waals surface area contributed by atoms with Gasteiger partial charge in [0.05, 0.1) is 5.41 Å². The Morgan fingerprint density at radius 3 is 1.95 bits per heavy atom. The molecular formula is C34H32BrNO4S2. The molecule has 0 bridgehead atoms. The highest BCUT2D eigenvalue weighted by Crippen LogP contribution is 2.30. The lowest BCUT2D eigenvalue weighted by Crippen LogP contribution is -2.23. The van der Waals surface area contributed by atoms with Crippen LogP contribution >= 0.6 is 39.5 Å². The van der Waals surface area contributed by atoms with E-state index >= 15 is 0 Å². The molecular weight excluding hydrogens is 630 g/mol. The summed E-state index contributed by atoms with van der Waals surface area (Å²) in [5.41, 5.74) is 1.61. The molecule has 1 unspecified atom stereocenters. The summed E-state index contributed by atoms with van der Waals surface area (Å²) in [6.45, 7) is 5.22. The second-order valence-electron chi connectivity index (χ2n) is 10.6. The highest BCUT2D eigenvalue weighted by atomic mass is 79.9. The summed E-state index contributed by atoms with van der Waals surface area (Å²) in [6, 6.07) is 32.6. The quantitative estimate of drug-likeness (QED) is 0.0568. The Morgan fingerprint density at radius 1 is 0.810 bits per heavy atom. The van der Waals surface area contributed by atoms with Gasteiger partial charge >= 0.3 is 5.97 Å². The summed E-state index contributed by atoms with van der Waals surface area (Å²) in [5, 5.41) is 14.7. The van der Waals surface area contributed by atoms with Crippen LogP contribution in [0.4, 0.5) is 0 Å². The maximum Gasteiger partial charge on any atom is 0.340 e. The molecule has 0 aromatic heterocycles. The summed E-state index contributed by atoms with van der Waals surface area (Å²) in [4.78, 5) is 34.0. The predicted octanol–water partition coefficient (Wildman–Crippen LogP) is 8.99. The van der Waals surface area contributed by atoms with E-state index in [0.717, 1.165) is 30.3 Å². The Hall–Kier alpha value is -3.17. The van der Waals surface area contributed by atoms with Crippen LogP contribution in [-0.2, 0) is 9.63 Å². The number of ketones is 1. The monoisotopic (exact) mass is 661 g/mol. The first-order chi connectivity index (χ1) is 20.1. The molecule has 1 N–H and O–H groups in total. The van der Waals surface area contributed by atoms with Crippen molar-refractivity contribution in [1.82, 2.24) is 0 Å². The average molecular weight is 663 g/mol. The van der Waals surface area contributed by atoms with Crippen LogP contribution in [0.25, 0.3) is 0 Å². The Morgan fingerprint density at radius 2 is 1.36 bits per heavy atom. The zero-order valence-electron chi connectivity index (χ0n) is 23.6.